The van der Waals surface area contributed by atoms with Crippen molar-refractivity contribution < 1.29 is 0 Å². The maximum Gasteiger partial charge on any atom is 0.118 e. The number of aliphatic imine (C=N–C) groups is 1. The van der Waals surface area contributed by atoms with Crippen LogP contribution in [-0.2, 0) is 6.54 Å². The number of nitrogens with zero attached hydrogens (tertiary/aromatic N) is 3. The number of fused-ring (bicyclic) bond motifs is 1. The quantitative estimate of drug-likeness (QED) is 0.909. The molecule has 0 fully saturated rings. The number of benzene rings is 1. The van der Waals surface area contributed by atoms with E-state index in [0.29, 0.717) is 6.54 Å². The number of amidine groups is 1. The summed E-state index contributed by atoms with van der Waals surface area (Å²) in [5, 5.41) is 9.35. The van der Waals surface area contributed by atoms with Crippen LogP contribution in [-0.4, -0.2) is 28.7 Å². The van der Waals surface area contributed by atoms with Gasteiger partial charge in [0.15, 0.2) is 0 Å². The molecule has 1 N–H and O–H groups in total. The van der Waals surface area contributed by atoms with Gasteiger partial charge in [-0.3, -0.25) is 9.67 Å². The standard InChI is InChI=1S/C11H11ClN4.ClH/c12-9-3-1-2-8-6-15-16(11(8)9)7-10-13-4-5-14-10;/h1-3,6H,4-5,7H2,(H,13,14);1H. The Morgan fingerprint density at radius 1 is 1.41 bits per heavy atom. The molecular formula is C11H12Cl2N4. The molecule has 6 heteroatoms. The molecule has 4 nitrogen and oxygen atoms in total. The zero-order chi connectivity index (χ0) is 11.0. The monoisotopic (exact) mass is 270 g/mol. The number of aromatic nitrogens is 2. The van der Waals surface area contributed by atoms with E-state index in [1.807, 2.05) is 29.1 Å². The first kappa shape index (κ1) is 12.2. The second-order valence-corrected chi connectivity index (χ2v) is 4.14. The van der Waals surface area contributed by atoms with Crippen LogP contribution in [0.1, 0.15) is 0 Å². The van der Waals surface area contributed by atoms with Crippen molar-refractivity contribution >= 4 is 40.7 Å². The fourth-order valence-electron chi connectivity index (χ4n) is 1.91. The summed E-state index contributed by atoms with van der Waals surface area (Å²) in [6, 6.07) is 5.82. The lowest BCUT2D eigenvalue weighted by atomic mass is 10.2. The van der Waals surface area contributed by atoms with Gasteiger partial charge in [0, 0.05) is 11.9 Å². The molecule has 0 atom stereocenters. The molecule has 17 heavy (non-hydrogen) atoms. The number of hydrogen-bond donors (Lipinski definition) is 1. The maximum atomic E-state index is 6.17. The Hall–Kier alpha value is -1.26. The van der Waals surface area contributed by atoms with Gasteiger partial charge in [0.05, 0.1) is 29.8 Å². The van der Waals surface area contributed by atoms with Gasteiger partial charge in [-0.15, -0.1) is 12.4 Å². The fourth-order valence-corrected chi connectivity index (χ4v) is 2.19. The summed E-state index contributed by atoms with van der Waals surface area (Å²) in [7, 11) is 0. The summed E-state index contributed by atoms with van der Waals surface area (Å²) in [6.07, 6.45) is 1.83. The Bertz CT molecular complexity index is 562. The van der Waals surface area contributed by atoms with Crippen molar-refractivity contribution in [3.05, 3.63) is 29.4 Å². The van der Waals surface area contributed by atoms with E-state index < -0.39 is 0 Å². The molecule has 90 valence electrons. The lowest BCUT2D eigenvalue weighted by molar-refractivity contribution is 0.739. The molecule has 0 saturated heterocycles. The van der Waals surface area contributed by atoms with Crippen LogP contribution < -0.4 is 5.32 Å². The third-order valence-electron chi connectivity index (χ3n) is 2.66. The Labute approximate surface area is 110 Å². The van der Waals surface area contributed by atoms with Gasteiger partial charge in [-0.1, -0.05) is 23.7 Å². The molecule has 0 amide bonds. The summed E-state index contributed by atoms with van der Waals surface area (Å²) in [5.41, 5.74) is 0.973. The van der Waals surface area contributed by atoms with Crippen LogP contribution in [0.15, 0.2) is 29.4 Å². The minimum absolute atomic E-state index is 0. The molecule has 0 saturated carbocycles. The summed E-state index contributed by atoms with van der Waals surface area (Å²) in [6.45, 7) is 2.43. The molecule has 2 heterocycles. The Morgan fingerprint density at radius 3 is 3.06 bits per heavy atom. The van der Waals surface area contributed by atoms with E-state index in [-0.39, 0.29) is 12.4 Å². The fraction of sp³-hybridized carbons (Fsp3) is 0.273. The molecular weight excluding hydrogens is 259 g/mol. The highest BCUT2D eigenvalue weighted by Crippen LogP contribution is 2.22. The molecule has 0 unspecified atom stereocenters. The van der Waals surface area contributed by atoms with E-state index in [4.69, 9.17) is 11.6 Å². The first-order valence-electron chi connectivity index (χ1n) is 5.22. The van der Waals surface area contributed by atoms with Gasteiger partial charge in [0.2, 0.25) is 0 Å². The highest BCUT2D eigenvalue weighted by molar-refractivity contribution is 6.35. The molecule has 1 aliphatic heterocycles. The highest BCUT2D eigenvalue weighted by Gasteiger charge is 2.10. The minimum atomic E-state index is 0. The van der Waals surface area contributed by atoms with Crippen LogP contribution in [0.4, 0.5) is 0 Å². The Kier molecular flexibility index (Phi) is 3.54. The largest absolute Gasteiger partial charge is 0.370 e. The summed E-state index contributed by atoms with van der Waals surface area (Å²) < 4.78 is 1.88. The molecule has 0 spiro atoms. The zero-order valence-corrected chi connectivity index (χ0v) is 10.6. The van der Waals surface area contributed by atoms with Gasteiger partial charge in [0.1, 0.15) is 5.84 Å². The third kappa shape index (κ3) is 2.23. The van der Waals surface area contributed by atoms with E-state index in [2.05, 4.69) is 15.4 Å². The van der Waals surface area contributed by atoms with Crippen LogP contribution in [0, 0.1) is 0 Å². The smallest absolute Gasteiger partial charge is 0.118 e. The lowest BCUT2D eigenvalue weighted by Crippen LogP contribution is -2.24. The maximum absolute atomic E-state index is 6.17. The van der Waals surface area contributed by atoms with Crippen molar-refractivity contribution in [1.82, 2.24) is 15.1 Å². The van der Waals surface area contributed by atoms with E-state index in [0.717, 1.165) is 34.9 Å². The summed E-state index contributed by atoms with van der Waals surface area (Å²) in [4.78, 5) is 4.35. The summed E-state index contributed by atoms with van der Waals surface area (Å²) in [5.74, 6) is 0.977. The van der Waals surface area contributed by atoms with Crippen LogP contribution in [0.5, 0.6) is 0 Å². The molecule has 1 aromatic carbocycles. The average Bonchev–Trinajstić information content (AvgIpc) is 2.90. The second kappa shape index (κ2) is 4.94. The van der Waals surface area contributed by atoms with Crippen LogP contribution in [0.25, 0.3) is 10.9 Å². The normalized spacial score (nSPS) is 14.3. The zero-order valence-electron chi connectivity index (χ0n) is 9.06. The molecule has 3 rings (SSSR count). The van der Waals surface area contributed by atoms with Gasteiger partial charge >= 0.3 is 0 Å². The van der Waals surface area contributed by atoms with E-state index in [9.17, 15) is 0 Å². The molecule has 0 bridgehead atoms. The predicted octanol–water partition coefficient (Wildman–Crippen LogP) is 2.11. The first-order valence-corrected chi connectivity index (χ1v) is 5.59. The molecule has 1 aliphatic rings. The number of halogens is 2. The number of hydrogen-bond acceptors (Lipinski definition) is 3. The molecule has 0 radical (unpaired) electrons. The topological polar surface area (TPSA) is 42.2 Å². The summed E-state index contributed by atoms with van der Waals surface area (Å²) >= 11 is 6.17. The van der Waals surface area contributed by atoms with Gasteiger partial charge in [0.25, 0.3) is 0 Å². The molecule has 1 aromatic heterocycles. The Morgan fingerprint density at radius 2 is 2.29 bits per heavy atom. The van der Waals surface area contributed by atoms with E-state index in [1.165, 1.54) is 0 Å². The van der Waals surface area contributed by atoms with Crippen molar-refractivity contribution in [2.45, 2.75) is 6.54 Å². The lowest BCUT2D eigenvalue weighted by Gasteiger charge is -2.05. The van der Waals surface area contributed by atoms with Crippen LogP contribution >= 0.6 is 24.0 Å². The highest BCUT2D eigenvalue weighted by atomic mass is 35.5. The van der Waals surface area contributed by atoms with Gasteiger partial charge in [-0.25, -0.2) is 0 Å². The van der Waals surface area contributed by atoms with Crippen molar-refractivity contribution in [3.8, 4) is 0 Å². The van der Waals surface area contributed by atoms with Gasteiger partial charge in [-0.2, -0.15) is 5.10 Å². The molecule has 2 aromatic rings. The van der Waals surface area contributed by atoms with Crippen molar-refractivity contribution in [2.75, 3.05) is 13.1 Å². The van der Waals surface area contributed by atoms with Crippen molar-refractivity contribution in [2.24, 2.45) is 4.99 Å². The van der Waals surface area contributed by atoms with E-state index >= 15 is 0 Å². The average molecular weight is 271 g/mol. The van der Waals surface area contributed by atoms with Gasteiger partial charge in [-0.05, 0) is 6.07 Å². The van der Waals surface area contributed by atoms with Crippen LogP contribution in [0.3, 0.4) is 0 Å². The molecule has 0 aliphatic carbocycles. The SMILES string of the molecule is Cl.Clc1cccc2cnn(CC3=NCCN3)c12. The second-order valence-electron chi connectivity index (χ2n) is 3.74. The number of rotatable bonds is 2. The minimum Gasteiger partial charge on any atom is -0.370 e. The van der Waals surface area contributed by atoms with Gasteiger partial charge < -0.3 is 5.32 Å². The van der Waals surface area contributed by atoms with Crippen molar-refractivity contribution in [1.29, 1.82) is 0 Å². The first-order chi connectivity index (χ1) is 7.84. The Balaban J connectivity index is 0.00000108. The number of nitrogens with one attached hydrogen (secondary N) is 1. The van der Waals surface area contributed by atoms with E-state index in [1.54, 1.807) is 0 Å². The third-order valence-corrected chi connectivity index (χ3v) is 2.96. The van der Waals surface area contributed by atoms with Crippen LogP contribution in [0.2, 0.25) is 5.02 Å². The number of para-hydroxylation sites is 1. The van der Waals surface area contributed by atoms with Crippen molar-refractivity contribution in [3.63, 3.8) is 0 Å². The predicted molar refractivity (Wildman–Crippen MR) is 72.3 cm³/mol.